The van der Waals surface area contributed by atoms with Crippen LogP contribution >= 0.6 is 0 Å². The van der Waals surface area contributed by atoms with Crippen LogP contribution in [-0.4, -0.2) is 91.3 Å². The minimum Gasteiger partial charge on any atom is -0.497 e. The van der Waals surface area contributed by atoms with E-state index in [0.29, 0.717) is 49.7 Å². The van der Waals surface area contributed by atoms with Crippen LogP contribution in [0.15, 0.2) is 35.5 Å². The highest BCUT2D eigenvalue weighted by Crippen LogP contribution is 2.33. The van der Waals surface area contributed by atoms with Crippen molar-refractivity contribution in [3.63, 3.8) is 0 Å². The van der Waals surface area contributed by atoms with Crippen molar-refractivity contribution in [3.8, 4) is 5.75 Å². The van der Waals surface area contributed by atoms with Crippen LogP contribution in [0.1, 0.15) is 46.2 Å². The fraction of sp³-hybridized carbons (Fsp3) is 0.577. The van der Waals surface area contributed by atoms with E-state index in [-0.39, 0.29) is 30.8 Å². The molecule has 3 rings (SSSR count). The van der Waals surface area contributed by atoms with Gasteiger partial charge in [-0.2, -0.15) is 0 Å². The number of benzene rings is 1. The van der Waals surface area contributed by atoms with Gasteiger partial charge < -0.3 is 25.0 Å². The number of methoxy groups -OCH3 is 1. The molecular formula is C26H39N5O5. The van der Waals surface area contributed by atoms with Gasteiger partial charge in [0.15, 0.2) is 0 Å². The summed E-state index contributed by atoms with van der Waals surface area (Å²) in [5.74, 6) is 0.177. The highest BCUT2D eigenvalue weighted by molar-refractivity contribution is 5.95. The van der Waals surface area contributed by atoms with E-state index in [1.807, 2.05) is 56.9 Å². The summed E-state index contributed by atoms with van der Waals surface area (Å²) in [6, 6.07) is 6.36. The lowest BCUT2D eigenvalue weighted by Gasteiger charge is -2.43. The van der Waals surface area contributed by atoms with Crippen molar-refractivity contribution in [1.82, 2.24) is 25.3 Å². The maximum absolute atomic E-state index is 13.3. The molecule has 0 radical (unpaired) electrons. The first-order valence-corrected chi connectivity index (χ1v) is 12.6. The van der Waals surface area contributed by atoms with Gasteiger partial charge in [-0.1, -0.05) is 12.1 Å². The van der Waals surface area contributed by atoms with Crippen LogP contribution in [0.5, 0.6) is 5.75 Å². The Balaban J connectivity index is 1.95. The normalized spacial score (nSPS) is 20.9. The summed E-state index contributed by atoms with van der Waals surface area (Å²) in [5, 5.41) is 5.94. The molecule has 10 heteroatoms. The lowest BCUT2D eigenvalue weighted by Crippen LogP contribution is -2.58. The average molecular weight is 502 g/mol. The fourth-order valence-electron chi connectivity index (χ4n) is 4.75. The predicted octanol–water partition coefficient (Wildman–Crippen LogP) is 2.72. The Hall–Kier alpha value is -3.27. The molecule has 198 valence electrons. The van der Waals surface area contributed by atoms with Gasteiger partial charge in [-0.15, -0.1) is 0 Å². The van der Waals surface area contributed by atoms with Gasteiger partial charge >= 0.3 is 18.0 Å². The zero-order valence-corrected chi connectivity index (χ0v) is 22.2. The number of urea groups is 2. The van der Waals surface area contributed by atoms with E-state index in [9.17, 15) is 14.4 Å². The number of piperazine rings is 1. The Labute approximate surface area is 213 Å². The van der Waals surface area contributed by atoms with Gasteiger partial charge in [0.05, 0.1) is 25.3 Å². The molecule has 0 aromatic heterocycles. The van der Waals surface area contributed by atoms with Crippen molar-refractivity contribution in [2.75, 3.05) is 46.4 Å². The molecule has 2 heterocycles. The van der Waals surface area contributed by atoms with Crippen LogP contribution in [-0.2, 0) is 9.53 Å². The van der Waals surface area contributed by atoms with E-state index in [0.717, 1.165) is 5.56 Å². The Morgan fingerprint density at radius 2 is 1.97 bits per heavy atom. The number of ether oxygens (including phenoxy) is 2. The van der Waals surface area contributed by atoms with Crippen molar-refractivity contribution >= 4 is 18.0 Å². The first kappa shape index (κ1) is 27.3. The second-order valence-electron chi connectivity index (χ2n) is 9.37. The zero-order chi connectivity index (χ0) is 26.4. The first-order chi connectivity index (χ1) is 17.2. The summed E-state index contributed by atoms with van der Waals surface area (Å²) in [6.07, 6.45) is 0. The van der Waals surface area contributed by atoms with Gasteiger partial charge in [0, 0.05) is 50.5 Å². The number of nitrogens with zero attached hydrogens (tertiary/aromatic N) is 3. The van der Waals surface area contributed by atoms with Gasteiger partial charge in [0.1, 0.15) is 5.75 Å². The van der Waals surface area contributed by atoms with E-state index in [2.05, 4.69) is 15.5 Å². The molecule has 10 nitrogen and oxygen atoms in total. The third-order valence-corrected chi connectivity index (χ3v) is 6.44. The number of amides is 4. The molecular weight excluding hydrogens is 462 g/mol. The minimum absolute atomic E-state index is 0.0224. The van der Waals surface area contributed by atoms with E-state index >= 15 is 0 Å². The Bertz CT molecular complexity index is 995. The number of hydrogen-bond donors (Lipinski definition) is 2. The van der Waals surface area contributed by atoms with Crippen molar-refractivity contribution in [1.29, 1.82) is 0 Å². The summed E-state index contributed by atoms with van der Waals surface area (Å²) < 4.78 is 10.8. The Morgan fingerprint density at radius 3 is 2.58 bits per heavy atom. The smallest absolute Gasteiger partial charge is 0.338 e. The monoisotopic (exact) mass is 501 g/mol. The predicted molar refractivity (Wildman–Crippen MR) is 137 cm³/mol. The molecule has 1 saturated heterocycles. The first-order valence-electron chi connectivity index (χ1n) is 12.6. The number of likely N-dealkylation sites (N-methyl/N-ethyl adjacent to an activating group) is 1. The highest BCUT2D eigenvalue weighted by atomic mass is 16.5. The van der Waals surface area contributed by atoms with Crippen molar-refractivity contribution in [2.24, 2.45) is 0 Å². The maximum atomic E-state index is 13.3. The van der Waals surface area contributed by atoms with Crippen LogP contribution in [0.25, 0.3) is 0 Å². The van der Waals surface area contributed by atoms with Gasteiger partial charge in [0.2, 0.25) is 0 Å². The minimum atomic E-state index is -0.667. The SMILES string of the molecule is CCOC(=O)C1=C(CN2CCN(C(=O)NC(C)C)C(C)C2)N(CC)C(=O)NC1c1cccc(OC)c1. The summed E-state index contributed by atoms with van der Waals surface area (Å²) >= 11 is 0. The average Bonchev–Trinajstić information content (AvgIpc) is 2.83. The summed E-state index contributed by atoms with van der Waals surface area (Å²) in [5.41, 5.74) is 1.78. The number of carbonyl (C=O) groups excluding carboxylic acids is 3. The van der Waals surface area contributed by atoms with Gasteiger partial charge in [0.25, 0.3) is 0 Å². The number of carbonyl (C=O) groups is 3. The quantitative estimate of drug-likeness (QED) is 0.531. The third-order valence-electron chi connectivity index (χ3n) is 6.44. The fourth-order valence-corrected chi connectivity index (χ4v) is 4.75. The Morgan fingerprint density at radius 1 is 1.22 bits per heavy atom. The molecule has 0 aliphatic carbocycles. The molecule has 1 aromatic carbocycles. The largest absolute Gasteiger partial charge is 0.497 e. The number of hydrogen-bond acceptors (Lipinski definition) is 6. The van der Waals surface area contributed by atoms with Crippen LogP contribution < -0.4 is 15.4 Å². The second kappa shape index (κ2) is 12.1. The Kier molecular flexibility index (Phi) is 9.19. The molecule has 4 amide bonds. The van der Waals surface area contributed by atoms with Gasteiger partial charge in [-0.05, 0) is 52.3 Å². The zero-order valence-electron chi connectivity index (χ0n) is 22.2. The summed E-state index contributed by atoms with van der Waals surface area (Å²) in [4.78, 5) is 44.7. The maximum Gasteiger partial charge on any atom is 0.338 e. The lowest BCUT2D eigenvalue weighted by atomic mass is 9.93. The summed E-state index contributed by atoms with van der Waals surface area (Å²) in [6.45, 7) is 12.3. The van der Waals surface area contributed by atoms with Crippen LogP contribution in [0.2, 0.25) is 0 Å². The molecule has 2 unspecified atom stereocenters. The molecule has 0 spiro atoms. The molecule has 2 atom stereocenters. The second-order valence-corrected chi connectivity index (χ2v) is 9.37. The molecule has 0 saturated carbocycles. The molecule has 2 N–H and O–H groups in total. The highest BCUT2D eigenvalue weighted by Gasteiger charge is 2.39. The van der Waals surface area contributed by atoms with E-state index in [1.54, 1.807) is 18.9 Å². The number of esters is 1. The van der Waals surface area contributed by atoms with Crippen LogP contribution in [0.4, 0.5) is 9.59 Å². The van der Waals surface area contributed by atoms with E-state index < -0.39 is 12.0 Å². The molecule has 2 aliphatic rings. The van der Waals surface area contributed by atoms with Gasteiger partial charge in [-0.25, -0.2) is 14.4 Å². The standard InChI is InChI=1S/C26H39N5O5/c1-7-30-21(16-29-12-13-31(18(5)15-29)25(33)27-17(3)4)22(24(32)36-8-2)23(28-26(30)34)19-10-9-11-20(14-19)35-6/h9-11,14,17-18,23H,7-8,12-13,15-16H2,1-6H3,(H,27,33)(H,28,34). The van der Waals surface area contributed by atoms with E-state index in [4.69, 9.17) is 9.47 Å². The molecule has 1 aromatic rings. The summed E-state index contributed by atoms with van der Waals surface area (Å²) in [7, 11) is 1.58. The topological polar surface area (TPSA) is 103 Å². The lowest BCUT2D eigenvalue weighted by molar-refractivity contribution is -0.139. The molecule has 0 bridgehead atoms. The molecule has 2 aliphatic heterocycles. The number of rotatable bonds is 8. The number of nitrogens with one attached hydrogen (secondary N) is 2. The van der Waals surface area contributed by atoms with E-state index in [1.165, 1.54) is 0 Å². The molecule has 1 fully saturated rings. The van der Waals surface area contributed by atoms with Gasteiger partial charge in [-0.3, -0.25) is 9.80 Å². The molecule has 36 heavy (non-hydrogen) atoms. The van der Waals surface area contributed by atoms with Crippen LogP contribution in [0.3, 0.4) is 0 Å². The third kappa shape index (κ3) is 6.10. The van der Waals surface area contributed by atoms with Crippen molar-refractivity contribution < 1.29 is 23.9 Å². The van der Waals surface area contributed by atoms with Crippen LogP contribution in [0, 0.1) is 0 Å². The van der Waals surface area contributed by atoms with Crippen molar-refractivity contribution in [3.05, 3.63) is 41.1 Å². The van der Waals surface area contributed by atoms with Crippen molar-refractivity contribution in [2.45, 2.75) is 52.7 Å².